The van der Waals surface area contributed by atoms with Crippen LogP contribution in [0.5, 0.6) is 5.75 Å². The molecule has 1 unspecified atom stereocenters. The van der Waals surface area contributed by atoms with Crippen LogP contribution >= 0.6 is 0 Å². The van der Waals surface area contributed by atoms with Crippen molar-refractivity contribution in [2.75, 3.05) is 13.2 Å². The molecule has 0 fully saturated rings. The Hall–Kier alpha value is -1.55. The first kappa shape index (κ1) is 15.5. The number of ether oxygens (including phenoxy) is 2. The number of hydrogen-bond acceptors (Lipinski definition) is 3. The van der Waals surface area contributed by atoms with Crippen molar-refractivity contribution in [3.05, 3.63) is 29.8 Å². The summed E-state index contributed by atoms with van der Waals surface area (Å²) in [6.07, 6.45) is -0.451. The van der Waals surface area contributed by atoms with Crippen molar-refractivity contribution in [1.82, 2.24) is 0 Å². The number of carboxylic acids is 1. The lowest BCUT2D eigenvalue weighted by Crippen LogP contribution is -2.26. The number of aliphatic carboxylic acids is 1. The number of carboxylic acid groups (broad SMARTS) is 1. The Labute approximate surface area is 114 Å². The predicted octanol–water partition coefficient (Wildman–Crippen LogP) is 3.07. The van der Waals surface area contributed by atoms with Gasteiger partial charge in [-0.05, 0) is 30.5 Å². The van der Waals surface area contributed by atoms with Crippen molar-refractivity contribution in [3.8, 4) is 5.75 Å². The molecule has 1 rings (SSSR count). The van der Waals surface area contributed by atoms with Crippen LogP contribution in [0.2, 0.25) is 0 Å². The standard InChI is InChI=1S/C15H22O4/c1-4-18-14(15(16)17)8-9-19-13-7-5-6-12(10-13)11(2)3/h5-7,10-11,14H,4,8-9H2,1-3H3,(H,16,17). The summed E-state index contributed by atoms with van der Waals surface area (Å²) in [5.74, 6) is 0.270. The molecule has 0 aliphatic heterocycles. The molecule has 0 amide bonds. The topological polar surface area (TPSA) is 55.8 Å². The fourth-order valence-corrected chi connectivity index (χ4v) is 1.73. The van der Waals surface area contributed by atoms with Crippen LogP contribution in [0.15, 0.2) is 24.3 Å². The molecule has 0 heterocycles. The summed E-state index contributed by atoms with van der Waals surface area (Å²) in [6, 6.07) is 7.86. The van der Waals surface area contributed by atoms with Crippen molar-refractivity contribution in [2.24, 2.45) is 0 Å². The lowest BCUT2D eigenvalue weighted by atomic mass is 10.0. The molecule has 0 radical (unpaired) electrons. The van der Waals surface area contributed by atoms with Crippen LogP contribution in [-0.2, 0) is 9.53 Å². The van der Waals surface area contributed by atoms with Crippen LogP contribution in [0, 0.1) is 0 Å². The first-order chi connectivity index (χ1) is 9.04. The van der Waals surface area contributed by atoms with Gasteiger partial charge < -0.3 is 14.6 Å². The molecule has 106 valence electrons. The van der Waals surface area contributed by atoms with E-state index in [4.69, 9.17) is 14.6 Å². The van der Waals surface area contributed by atoms with Crippen LogP contribution < -0.4 is 4.74 Å². The van der Waals surface area contributed by atoms with Gasteiger partial charge in [-0.15, -0.1) is 0 Å². The molecule has 19 heavy (non-hydrogen) atoms. The second-order valence-corrected chi connectivity index (χ2v) is 4.65. The van der Waals surface area contributed by atoms with Gasteiger partial charge in [0.05, 0.1) is 6.61 Å². The zero-order chi connectivity index (χ0) is 14.3. The molecule has 1 N–H and O–H groups in total. The number of benzene rings is 1. The van der Waals surface area contributed by atoms with E-state index in [1.165, 1.54) is 5.56 Å². The third-order valence-electron chi connectivity index (χ3n) is 2.82. The van der Waals surface area contributed by atoms with Crippen LogP contribution in [0.25, 0.3) is 0 Å². The molecule has 0 saturated carbocycles. The minimum atomic E-state index is -0.943. The quantitative estimate of drug-likeness (QED) is 0.785. The fourth-order valence-electron chi connectivity index (χ4n) is 1.73. The van der Waals surface area contributed by atoms with Crippen molar-refractivity contribution in [3.63, 3.8) is 0 Å². The maximum Gasteiger partial charge on any atom is 0.332 e. The highest BCUT2D eigenvalue weighted by molar-refractivity contribution is 5.72. The molecule has 1 atom stereocenters. The summed E-state index contributed by atoms with van der Waals surface area (Å²) in [7, 11) is 0. The normalized spacial score (nSPS) is 12.4. The maximum atomic E-state index is 10.9. The summed E-state index contributed by atoms with van der Waals surface area (Å²) < 4.78 is 10.7. The van der Waals surface area contributed by atoms with Gasteiger partial charge in [0.1, 0.15) is 5.75 Å². The molecule has 4 heteroatoms. The van der Waals surface area contributed by atoms with Gasteiger partial charge in [-0.1, -0.05) is 26.0 Å². The highest BCUT2D eigenvalue weighted by Gasteiger charge is 2.17. The highest BCUT2D eigenvalue weighted by Crippen LogP contribution is 2.20. The van der Waals surface area contributed by atoms with Crippen LogP contribution in [0.4, 0.5) is 0 Å². The number of carbonyl (C=O) groups is 1. The monoisotopic (exact) mass is 266 g/mol. The average molecular weight is 266 g/mol. The highest BCUT2D eigenvalue weighted by atomic mass is 16.5. The average Bonchev–Trinajstić information content (AvgIpc) is 2.38. The summed E-state index contributed by atoms with van der Waals surface area (Å²) >= 11 is 0. The summed E-state index contributed by atoms with van der Waals surface area (Å²) in [4.78, 5) is 10.9. The zero-order valence-electron chi connectivity index (χ0n) is 11.8. The third-order valence-corrected chi connectivity index (χ3v) is 2.82. The van der Waals surface area contributed by atoms with Crippen molar-refractivity contribution in [1.29, 1.82) is 0 Å². The predicted molar refractivity (Wildman–Crippen MR) is 73.7 cm³/mol. The van der Waals surface area contributed by atoms with Gasteiger partial charge in [0.2, 0.25) is 0 Å². The Morgan fingerprint density at radius 3 is 2.68 bits per heavy atom. The molecular formula is C15H22O4. The van der Waals surface area contributed by atoms with Crippen molar-refractivity contribution in [2.45, 2.75) is 39.2 Å². The molecule has 0 aromatic heterocycles. The van der Waals surface area contributed by atoms with E-state index in [-0.39, 0.29) is 0 Å². The third kappa shape index (κ3) is 5.30. The minimum Gasteiger partial charge on any atom is -0.493 e. The molecule has 1 aromatic carbocycles. The first-order valence-corrected chi connectivity index (χ1v) is 6.61. The largest absolute Gasteiger partial charge is 0.493 e. The van der Waals surface area contributed by atoms with E-state index in [2.05, 4.69) is 19.9 Å². The van der Waals surface area contributed by atoms with Gasteiger partial charge in [-0.25, -0.2) is 4.79 Å². The number of rotatable bonds is 8. The molecule has 4 nitrogen and oxygen atoms in total. The minimum absolute atomic E-state index is 0.332. The number of hydrogen-bond donors (Lipinski definition) is 1. The molecule has 0 aliphatic rings. The Balaban J connectivity index is 2.48. The van der Waals surface area contributed by atoms with Crippen LogP contribution in [0.3, 0.4) is 0 Å². The van der Waals surface area contributed by atoms with E-state index < -0.39 is 12.1 Å². The Morgan fingerprint density at radius 2 is 2.11 bits per heavy atom. The van der Waals surface area contributed by atoms with E-state index >= 15 is 0 Å². The van der Waals surface area contributed by atoms with E-state index in [0.29, 0.717) is 25.6 Å². The van der Waals surface area contributed by atoms with Crippen molar-refractivity contribution >= 4 is 5.97 Å². The lowest BCUT2D eigenvalue weighted by molar-refractivity contribution is -0.150. The van der Waals surface area contributed by atoms with Gasteiger partial charge in [-0.2, -0.15) is 0 Å². The van der Waals surface area contributed by atoms with E-state index in [1.54, 1.807) is 6.92 Å². The molecule has 0 aliphatic carbocycles. The Morgan fingerprint density at radius 1 is 1.37 bits per heavy atom. The van der Waals surface area contributed by atoms with Gasteiger partial charge in [0.25, 0.3) is 0 Å². The SMILES string of the molecule is CCOC(CCOc1cccc(C(C)C)c1)C(=O)O. The zero-order valence-corrected chi connectivity index (χ0v) is 11.8. The molecular weight excluding hydrogens is 244 g/mol. The summed E-state index contributed by atoms with van der Waals surface area (Å²) in [6.45, 7) is 6.74. The fraction of sp³-hybridized carbons (Fsp3) is 0.533. The van der Waals surface area contributed by atoms with Crippen molar-refractivity contribution < 1.29 is 19.4 Å². The van der Waals surface area contributed by atoms with Gasteiger partial charge >= 0.3 is 5.97 Å². The molecule has 0 bridgehead atoms. The lowest BCUT2D eigenvalue weighted by Gasteiger charge is -2.14. The first-order valence-electron chi connectivity index (χ1n) is 6.61. The molecule has 0 saturated heterocycles. The Bertz CT molecular complexity index is 401. The van der Waals surface area contributed by atoms with Crippen LogP contribution in [0.1, 0.15) is 38.7 Å². The molecule has 0 spiro atoms. The van der Waals surface area contributed by atoms with E-state index in [9.17, 15) is 4.79 Å². The second kappa shape index (κ2) is 7.79. The van der Waals surface area contributed by atoms with Gasteiger partial charge in [0.15, 0.2) is 6.10 Å². The Kier molecular flexibility index (Phi) is 6.36. The smallest absolute Gasteiger partial charge is 0.332 e. The van der Waals surface area contributed by atoms with Gasteiger partial charge in [0, 0.05) is 13.0 Å². The maximum absolute atomic E-state index is 10.9. The summed E-state index contributed by atoms with van der Waals surface area (Å²) in [5, 5.41) is 8.94. The molecule has 1 aromatic rings. The van der Waals surface area contributed by atoms with E-state index in [1.807, 2.05) is 18.2 Å². The summed E-state index contributed by atoms with van der Waals surface area (Å²) in [5.41, 5.74) is 1.21. The van der Waals surface area contributed by atoms with Gasteiger partial charge in [-0.3, -0.25) is 0 Å². The van der Waals surface area contributed by atoms with Crippen LogP contribution in [-0.4, -0.2) is 30.4 Å². The van der Waals surface area contributed by atoms with E-state index in [0.717, 1.165) is 5.75 Å². The second-order valence-electron chi connectivity index (χ2n) is 4.65.